The Hall–Kier alpha value is -3.92. The number of H-pyrrole nitrogens is 2. The average Bonchev–Trinajstić information content (AvgIpc) is 3.51. The number of benzene rings is 2. The van der Waals surface area contributed by atoms with Crippen LogP contribution in [0, 0.1) is 11.2 Å². The van der Waals surface area contributed by atoms with Crippen LogP contribution in [-0.4, -0.2) is 67.3 Å². The number of amides is 2. The maximum Gasteiger partial charge on any atom is 0.320 e. The Labute approximate surface area is 206 Å². The number of carbonyl (C=O) groups is 1. The van der Waals surface area contributed by atoms with Gasteiger partial charge in [0.2, 0.25) is 0 Å². The number of halogens is 1. The van der Waals surface area contributed by atoms with Gasteiger partial charge in [-0.3, -0.25) is 5.10 Å². The molecule has 36 heavy (non-hydrogen) atoms. The molecular formula is C26H26FN7O2. The molecular weight excluding hydrogens is 461 g/mol. The van der Waals surface area contributed by atoms with E-state index >= 15 is 0 Å². The molecule has 9 nitrogen and oxygen atoms in total. The van der Waals surface area contributed by atoms with E-state index in [1.54, 1.807) is 0 Å². The summed E-state index contributed by atoms with van der Waals surface area (Å²) in [6, 6.07) is 8.75. The first-order chi connectivity index (χ1) is 17.4. The highest BCUT2D eigenvalue weighted by Gasteiger charge is 2.50. The van der Waals surface area contributed by atoms with Gasteiger partial charge in [-0.2, -0.15) is 5.10 Å². The molecule has 5 heterocycles. The summed E-state index contributed by atoms with van der Waals surface area (Å²) in [6.07, 6.45) is 0.669. The van der Waals surface area contributed by atoms with Gasteiger partial charge in [0.25, 0.3) is 0 Å². The van der Waals surface area contributed by atoms with E-state index in [2.05, 4.69) is 20.5 Å². The molecule has 2 aromatic carbocycles. The summed E-state index contributed by atoms with van der Waals surface area (Å²) in [4.78, 5) is 24.8. The summed E-state index contributed by atoms with van der Waals surface area (Å²) in [6.45, 7) is 6.66. The quantitative estimate of drug-likeness (QED) is 0.354. The third kappa shape index (κ3) is 3.13. The van der Waals surface area contributed by atoms with Crippen molar-refractivity contribution in [1.82, 2.24) is 35.3 Å². The number of nitrogens with zero attached hydrogens (tertiary/aromatic N) is 4. The Morgan fingerprint density at radius 2 is 2.00 bits per heavy atom. The SMILES string of the molecule is CCc1cc(O)c(F)cc1-c1ccc2c(-c3nc4c([nH]3)CN(C(=O)N3CC5(CNC5)C3)C4)n[nH]c2c1. The first-order valence-electron chi connectivity index (χ1n) is 12.3. The van der Waals surface area contributed by atoms with E-state index in [4.69, 9.17) is 4.98 Å². The summed E-state index contributed by atoms with van der Waals surface area (Å²) in [5.41, 5.74) is 6.10. The Balaban J connectivity index is 1.12. The molecule has 2 amide bonds. The fraction of sp³-hybridized carbons (Fsp3) is 0.346. The summed E-state index contributed by atoms with van der Waals surface area (Å²) in [5, 5.41) is 21.5. The molecule has 10 heteroatoms. The van der Waals surface area contributed by atoms with Crippen LogP contribution >= 0.6 is 0 Å². The van der Waals surface area contributed by atoms with Crippen LogP contribution in [0.3, 0.4) is 0 Å². The number of aryl methyl sites for hydroxylation is 1. The van der Waals surface area contributed by atoms with E-state index in [1.165, 1.54) is 12.1 Å². The van der Waals surface area contributed by atoms with Crippen molar-refractivity contribution in [3.8, 4) is 28.4 Å². The van der Waals surface area contributed by atoms with E-state index in [0.29, 0.717) is 36.4 Å². The van der Waals surface area contributed by atoms with E-state index in [0.717, 1.165) is 65.2 Å². The van der Waals surface area contributed by atoms with Crippen LogP contribution in [0.1, 0.15) is 23.9 Å². The van der Waals surface area contributed by atoms with Gasteiger partial charge in [0.05, 0.1) is 30.0 Å². The van der Waals surface area contributed by atoms with Crippen molar-refractivity contribution in [2.45, 2.75) is 26.4 Å². The molecule has 0 atom stereocenters. The second-order valence-corrected chi connectivity index (χ2v) is 10.3. The second kappa shape index (κ2) is 7.54. The zero-order chi connectivity index (χ0) is 24.6. The van der Waals surface area contributed by atoms with Crippen LogP contribution < -0.4 is 5.32 Å². The molecule has 2 aromatic heterocycles. The zero-order valence-corrected chi connectivity index (χ0v) is 19.9. The van der Waals surface area contributed by atoms with Crippen LogP contribution in [0.4, 0.5) is 9.18 Å². The minimum absolute atomic E-state index is 0.0790. The van der Waals surface area contributed by atoms with Gasteiger partial charge in [0.1, 0.15) is 5.69 Å². The number of likely N-dealkylation sites (tertiary alicyclic amines) is 1. The van der Waals surface area contributed by atoms with Crippen molar-refractivity contribution < 1.29 is 14.3 Å². The monoisotopic (exact) mass is 487 g/mol. The molecule has 3 aliphatic rings. The molecule has 0 aliphatic carbocycles. The Morgan fingerprint density at radius 3 is 2.72 bits per heavy atom. The van der Waals surface area contributed by atoms with Gasteiger partial charge in [-0.25, -0.2) is 14.2 Å². The number of aromatic nitrogens is 4. The number of fused-ring (bicyclic) bond motifs is 2. The minimum atomic E-state index is -0.640. The largest absolute Gasteiger partial charge is 0.505 e. The predicted octanol–water partition coefficient (Wildman–Crippen LogP) is 3.37. The topological polar surface area (TPSA) is 113 Å². The van der Waals surface area contributed by atoms with Gasteiger partial charge in [0.15, 0.2) is 17.4 Å². The number of phenols is 1. The first kappa shape index (κ1) is 21.4. The molecule has 4 N–H and O–H groups in total. The molecule has 3 aliphatic heterocycles. The first-order valence-corrected chi connectivity index (χ1v) is 12.3. The highest BCUT2D eigenvalue weighted by molar-refractivity contribution is 5.94. The van der Waals surface area contributed by atoms with Crippen LogP contribution in [-0.2, 0) is 19.5 Å². The number of hydrogen-bond acceptors (Lipinski definition) is 5. The van der Waals surface area contributed by atoms with Crippen molar-refractivity contribution in [2.24, 2.45) is 5.41 Å². The third-order valence-corrected chi connectivity index (χ3v) is 7.80. The van der Waals surface area contributed by atoms with Crippen molar-refractivity contribution in [3.05, 3.63) is 53.1 Å². The van der Waals surface area contributed by atoms with Gasteiger partial charge in [0, 0.05) is 37.0 Å². The maximum atomic E-state index is 14.1. The van der Waals surface area contributed by atoms with E-state index in [9.17, 15) is 14.3 Å². The lowest BCUT2D eigenvalue weighted by Crippen LogP contribution is -2.72. The predicted molar refractivity (Wildman–Crippen MR) is 132 cm³/mol. The Bertz CT molecular complexity index is 1510. The van der Waals surface area contributed by atoms with Gasteiger partial charge < -0.3 is 25.2 Å². The molecule has 0 bridgehead atoms. The number of carbonyl (C=O) groups excluding carboxylic acids is 1. The van der Waals surface area contributed by atoms with Gasteiger partial charge in [-0.1, -0.05) is 13.0 Å². The van der Waals surface area contributed by atoms with Crippen molar-refractivity contribution in [2.75, 3.05) is 26.2 Å². The number of rotatable bonds is 3. The zero-order valence-electron chi connectivity index (χ0n) is 19.9. The maximum absolute atomic E-state index is 14.1. The lowest BCUT2D eigenvalue weighted by Gasteiger charge is -2.56. The third-order valence-electron chi connectivity index (χ3n) is 7.80. The molecule has 184 valence electrons. The average molecular weight is 488 g/mol. The second-order valence-electron chi connectivity index (χ2n) is 10.3. The summed E-state index contributed by atoms with van der Waals surface area (Å²) in [5.74, 6) is -0.311. The van der Waals surface area contributed by atoms with Crippen LogP contribution in [0.15, 0.2) is 30.3 Å². The molecule has 0 radical (unpaired) electrons. The van der Waals surface area contributed by atoms with Crippen LogP contribution in [0.5, 0.6) is 5.75 Å². The van der Waals surface area contributed by atoms with Crippen molar-refractivity contribution in [3.63, 3.8) is 0 Å². The Morgan fingerprint density at radius 1 is 1.17 bits per heavy atom. The summed E-state index contributed by atoms with van der Waals surface area (Å²) in [7, 11) is 0. The van der Waals surface area contributed by atoms with E-state index in [1.807, 2.05) is 34.9 Å². The highest BCUT2D eigenvalue weighted by atomic mass is 19.1. The number of aromatic hydroxyl groups is 1. The number of imidazole rings is 1. The van der Waals surface area contributed by atoms with Gasteiger partial charge >= 0.3 is 6.03 Å². The number of phenolic OH excluding ortho intramolecular Hbond substituents is 1. The number of hydrogen-bond donors (Lipinski definition) is 4. The van der Waals surface area contributed by atoms with E-state index in [-0.39, 0.29) is 11.8 Å². The Kier molecular flexibility index (Phi) is 4.47. The molecule has 1 spiro atoms. The molecule has 0 unspecified atom stereocenters. The van der Waals surface area contributed by atoms with Gasteiger partial charge in [-0.05, 0) is 47.4 Å². The highest BCUT2D eigenvalue weighted by Crippen LogP contribution is 2.37. The minimum Gasteiger partial charge on any atom is -0.505 e. The molecule has 4 aromatic rings. The summed E-state index contributed by atoms with van der Waals surface area (Å²) < 4.78 is 14.1. The molecule has 0 saturated carbocycles. The van der Waals surface area contributed by atoms with E-state index < -0.39 is 5.82 Å². The van der Waals surface area contributed by atoms with Gasteiger partial charge in [-0.15, -0.1) is 0 Å². The number of urea groups is 1. The fourth-order valence-electron chi connectivity index (χ4n) is 5.72. The molecule has 2 saturated heterocycles. The number of aromatic amines is 2. The van der Waals surface area contributed by atoms with Crippen molar-refractivity contribution in [1.29, 1.82) is 0 Å². The normalized spacial score (nSPS) is 17.9. The van der Waals surface area contributed by atoms with Crippen LogP contribution in [0.25, 0.3) is 33.5 Å². The molecule has 2 fully saturated rings. The van der Waals surface area contributed by atoms with Crippen LogP contribution in [0.2, 0.25) is 0 Å². The van der Waals surface area contributed by atoms with Crippen molar-refractivity contribution >= 4 is 16.9 Å². The lowest BCUT2D eigenvalue weighted by atomic mass is 9.75. The summed E-state index contributed by atoms with van der Waals surface area (Å²) >= 11 is 0. The lowest BCUT2D eigenvalue weighted by molar-refractivity contribution is -0.0214. The smallest absolute Gasteiger partial charge is 0.320 e. The number of nitrogens with one attached hydrogen (secondary N) is 3. The molecule has 7 rings (SSSR count). The standard InChI is InChI=1S/C26H26FN7O2/c1-2-14-6-22(35)18(27)7-17(14)15-3-4-16-19(5-15)31-32-23(16)24-29-20-8-33(9-21(20)30-24)25(36)34-12-26(13-34)10-28-11-26/h3-7,28,35H,2,8-13H2,1H3,(H,29,30)(H,31,32). The fourth-order valence-corrected chi connectivity index (χ4v) is 5.72.